The van der Waals surface area contributed by atoms with E-state index >= 15 is 0 Å². The molecule has 4 rings (SSSR count). The van der Waals surface area contributed by atoms with Gasteiger partial charge >= 0.3 is 6.03 Å². The Morgan fingerprint density at radius 3 is 2.41 bits per heavy atom. The molecule has 2 aliphatic rings. The van der Waals surface area contributed by atoms with Gasteiger partial charge in [0.05, 0.1) is 18.8 Å². The number of nitrogens with zero attached hydrogens (tertiary/aromatic N) is 3. The summed E-state index contributed by atoms with van der Waals surface area (Å²) in [5, 5.41) is 3.13. The molecule has 182 valence electrons. The van der Waals surface area contributed by atoms with Crippen LogP contribution < -0.4 is 15.0 Å². The van der Waals surface area contributed by atoms with Crippen LogP contribution in [0.5, 0.6) is 5.75 Å². The van der Waals surface area contributed by atoms with Crippen molar-refractivity contribution in [1.82, 2.24) is 15.1 Å². The molecule has 0 aliphatic carbocycles. The number of urea groups is 1. The summed E-state index contributed by atoms with van der Waals surface area (Å²) in [6, 6.07) is 12.6. The summed E-state index contributed by atoms with van der Waals surface area (Å²) in [5.41, 5.74) is 1.97. The molecular formula is C26H33FN4O3. The van der Waals surface area contributed by atoms with Crippen molar-refractivity contribution in [1.29, 1.82) is 0 Å². The van der Waals surface area contributed by atoms with Crippen molar-refractivity contribution in [3.8, 4) is 5.75 Å². The van der Waals surface area contributed by atoms with E-state index in [-0.39, 0.29) is 17.9 Å². The second kappa shape index (κ2) is 10.9. The molecule has 0 bridgehead atoms. The number of anilines is 1. The van der Waals surface area contributed by atoms with E-state index in [2.05, 4.69) is 16.3 Å². The van der Waals surface area contributed by atoms with Gasteiger partial charge in [0.15, 0.2) is 5.78 Å². The summed E-state index contributed by atoms with van der Waals surface area (Å²) in [6.45, 7) is 6.07. The lowest BCUT2D eigenvalue weighted by Gasteiger charge is -2.37. The minimum absolute atomic E-state index is 0.0942. The molecule has 7 nitrogen and oxygen atoms in total. The number of rotatable bonds is 7. The Labute approximate surface area is 200 Å². The molecule has 1 unspecified atom stereocenters. The number of piperazine rings is 1. The van der Waals surface area contributed by atoms with E-state index in [4.69, 9.17) is 4.74 Å². The van der Waals surface area contributed by atoms with Crippen molar-refractivity contribution in [2.75, 3.05) is 57.8 Å². The Morgan fingerprint density at radius 1 is 1.03 bits per heavy atom. The molecule has 1 N–H and O–H groups in total. The third-order valence-electron chi connectivity index (χ3n) is 6.77. The fourth-order valence-electron chi connectivity index (χ4n) is 4.79. The van der Waals surface area contributed by atoms with E-state index in [9.17, 15) is 14.0 Å². The van der Waals surface area contributed by atoms with Crippen LogP contribution in [0.3, 0.4) is 0 Å². The maximum Gasteiger partial charge on any atom is 0.317 e. The lowest BCUT2D eigenvalue weighted by atomic mass is 10.1. The van der Waals surface area contributed by atoms with Crippen molar-refractivity contribution in [3.63, 3.8) is 0 Å². The van der Waals surface area contributed by atoms with Crippen LogP contribution in [0.2, 0.25) is 0 Å². The molecule has 2 heterocycles. The average Bonchev–Trinajstić information content (AvgIpc) is 3.39. The smallest absolute Gasteiger partial charge is 0.317 e. The maximum absolute atomic E-state index is 14.5. The first kappa shape index (κ1) is 24.0. The molecule has 34 heavy (non-hydrogen) atoms. The van der Waals surface area contributed by atoms with E-state index in [1.165, 1.54) is 25.8 Å². The van der Waals surface area contributed by atoms with Gasteiger partial charge < -0.3 is 19.9 Å². The summed E-state index contributed by atoms with van der Waals surface area (Å²) in [5.74, 6) is 0.248. The van der Waals surface area contributed by atoms with Crippen molar-refractivity contribution in [2.24, 2.45) is 0 Å². The summed E-state index contributed by atoms with van der Waals surface area (Å²) in [7, 11) is 1.66. The van der Waals surface area contributed by atoms with Gasteiger partial charge in [-0.25, -0.2) is 9.18 Å². The number of hydrogen-bond donors (Lipinski definition) is 1. The van der Waals surface area contributed by atoms with Gasteiger partial charge in [-0.15, -0.1) is 0 Å². The van der Waals surface area contributed by atoms with Crippen LogP contribution in [0.1, 0.15) is 41.7 Å². The van der Waals surface area contributed by atoms with E-state index < -0.39 is 5.82 Å². The van der Waals surface area contributed by atoms with Gasteiger partial charge in [0.2, 0.25) is 0 Å². The first-order chi connectivity index (χ1) is 16.5. The van der Waals surface area contributed by atoms with Crippen molar-refractivity contribution in [3.05, 3.63) is 59.4 Å². The number of carbonyl (C=O) groups excluding carboxylic acids is 2. The zero-order valence-electron chi connectivity index (χ0n) is 19.9. The highest BCUT2D eigenvalue weighted by Crippen LogP contribution is 2.27. The Hall–Kier alpha value is -3.13. The van der Waals surface area contributed by atoms with Gasteiger partial charge in [-0.3, -0.25) is 9.69 Å². The maximum atomic E-state index is 14.5. The van der Waals surface area contributed by atoms with Crippen LogP contribution in [-0.2, 0) is 0 Å². The number of carbonyl (C=O) groups is 2. The SMILES string of the molecule is COc1cccc(C(CNC(=O)N2CCN(c3ccc(C(C)=O)cc3F)CC2)N2CCCC2)c1. The normalized spacial score (nSPS) is 17.5. The van der Waals surface area contributed by atoms with Crippen molar-refractivity contribution >= 4 is 17.5 Å². The molecule has 0 radical (unpaired) electrons. The molecule has 2 aromatic carbocycles. The second-order valence-electron chi connectivity index (χ2n) is 8.92. The molecular weight excluding hydrogens is 435 g/mol. The molecule has 2 aromatic rings. The van der Waals surface area contributed by atoms with Crippen LogP contribution in [0.4, 0.5) is 14.9 Å². The lowest BCUT2D eigenvalue weighted by molar-refractivity contribution is 0.101. The highest BCUT2D eigenvalue weighted by atomic mass is 19.1. The predicted molar refractivity (Wildman–Crippen MR) is 130 cm³/mol. The van der Waals surface area contributed by atoms with Crippen LogP contribution in [-0.4, -0.2) is 74.5 Å². The monoisotopic (exact) mass is 468 g/mol. The average molecular weight is 469 g/mol. The molecule has 2 saturated heterocycles. The highest BCUT2D eigenvalue weighted by Gasteiger charge is 2.27. The summed E-state index contributed by atoms with van der Waals surface area (Å²) in [4.78, 5) is 30.5. The van der Waals surface area contributed by atoms with Crippen LogP contribution in [0, 0.1) is 5.82 Å². The lowest BCUT2D eigenvalue weighted by Crippen LogP contribution is -2.53. The first-order valence-electron chi connectivity index (χ1n) is 11.9. The number of ketones is 1. The number of likely N-dealkylation sites (tertiary alicyclic amines) is 1. The second-order valence-corrected chi connectivity index (χ2v) is 8.92. The topological polar surface area (TPSA) is 65.1 Å². The predicted octanol–water partition coefficient (Wildman–Crippen LogP) is 3.71. The summed E-state index contributed by atoms with van der Waals surface area (Å²) in [6.07, 6.45) is 2.33. The van der Waals surface area contributed by atoms with Gasteiger partial charge in [0.1, 0.15) is 11.6 Å². The number of ether oxygens (including phenoxy) is 1. The molecule has 8 heteroatoms. The third kappa shape index (κ3) is 5.50. The minimum Gasteiger partial charge on any atom is -0.497 e. The van der Waals surface area contributed by atoms with Crippen molar-refractivity contribution < 1.29 is 18.7 Å². The summed E-state index contributed by atoms with van der Waals surface area (Å²) < 4.78 is 19.9. The molecule has 2 aliphatic heterocycles. The molecule has 2 fully saturated rings. The molecule has 0 saturated carbocycles. The van der Waals surface area contributed by atoms with Crippen LogP contribution in [0.15, 0.2) is 42.5 Å². The van der Waals surface area contributed by atoms with Crippen LogP contribution in [0.25, 0.3) is 0 Å². The first-order valence-corrected chi connectivity index (χ1v) is 11.9. The fraction of sp³-hybridized carbons (Fsp3) is 0.462. The minimum atomic E-state index is -0.405. The zero-order chi connectivity index (χ0) is 24.1. The number of Topliss-reactive ketones (excluding diaryl/α,β-unsaturated/α-hetero) is 1. The van der Waals surface area contributed by atoms with E-state index in [0.29, 0.717) is 44.0 Å². The Balaban J connectivity index is 1.35. The standard InChI is InChI=1S/C26H33FN4O3/c1-19(32)20-8-9-24(23(27)17-20)30-12-14-31(15-13-30)26(33)28-18-25(29-10-3-4-11-29)21-6-5-7-22(16-21)34-2/h5-9,16-17,25H,3-4,10-15,18H2,1-2H3,(H,28,33). The van der Waals surface area contributed by atoms with Gasteiger partial charge in [-0.05, 0) is 68.8 Å². The van der Waals surface area contributed by atoms with E-state index in [1.807, 2.05) is 23.1 Å². The Kier molecular flexibility index (Phi) is 7.67. The molecule has 1 atom stereocenters. The fourth-order valence-corrected chi connectivity index (χ4v) is 4.79. The largest absolute Gasteiger partial charge is 0.497 e. The van der Waals surface area contributed by atoms with Crippen molar-refractivity contribution in [2.45, 2.75) is 25.8 Å². The number of nitrogens with one attached hydrogen (secondary N) is 1. The third-order valence-corrected chi connectivity index (χ3v) is 6.77. The van der Waals surface area contributed by atoms with Crippen LogP contribution >= 0.6 is 0 Å². The quantitative estimate of drug-likeness (QED) is 0.628. The highest BCUT2D eigenvalue weighted by molar-refractivity contribution is 5.94. The molecule has 0 aromatic heterocycles. The number of methoxy groups -OCH3 is 1. The zero-order valence-corrected chi connectivity index (χ0v) is 19.9. The summed E-state index contributed by atoms with van der Waals surface area (Å²) >= 11 is 0. The number of amides is 2. The van der Waals surface area contributed by atoms with Gasteiger partial charge in [0.25, 0.3) is 0 Å². The van der Waals surface area contributed by atoms with Gasteiger partial charge in [-0.1, -0.05) is 12.1 Å². The number of benzene rings is 2. The number of halogens is 1. The number of hydrogen-bond acceptors (Lipinski definition) is 5. The van der Waals surface area contributed by atoms with E-state index in [1.54, 1.807) is 24.1 Å². The van der Waals surface area contributed by atoms with Gasteiger partial charge in [0, 0.05) is 38.3 Å². The molecule has 0 spiro atoms. The Morgan fingerprint density at radius 2 is 1.76 bits per heavy atom. The van der Waals surface area contributed by atoms with E-state index in [0.717, 1.165) is 24.4 Å². The Bertz CT molecular complexity index is 1020. The van der Waals surface area contributed by atoms with Gasteiger partial charge in [-0.2, -0.15) is 0 Å². The molecule has 2 amide bonds.